The fraction of sp³-hybridized carbons (Fsp3) is 0.542. The van der Waals surface area contributed by atoms with Gasteiger partial charge in [0.2, 0.25) is 53.2 Å². The SMILES string of the molecule is C.C.C.C.C=C(C)N.C=C(C)N(C)C.C=C(C)NCC#N.CC(=O)NC(CO)C(N)=O.CC(=O)NCC(N)=O.CC(=O)NCCN(C)C.CC(=O)NCCO.CC(=O)NCc1ccccc1.CC(=O)NCc1ccncc1.CCCCNC(C)=O. The Balaban J connectivity index is -0.0000000700. The van der Waals surface area contributed by atoms with E-state index < -0.39 is 30.4 Å². The molecule has 494 valence electrons. The number of carbonyl (C=O) groups is 9. The number of nitriles is 1. The lowest BCUT2D eigenvalue weighted by molar-refractivity contribution is -0.127. The van der Waals surface area contributed by atoms with Gasteiger partial charge in [-0.15, -0.1) is 0 Å². The molecule has 26 heteroatoms. The third-order valence-corrected chi connectivity index (χ3v) is 7.65. The van der Waals surface area contributed by atoms with Crippen LogP contribution in [-0.2, 0) is 56.2 Å². The first-order valence-corrected chi connectivity index (χ1v) is 25.2. The lowest BCUT2D eigenvalue weighted by Gasteiger charge is -2.09. The monoisotopic (exact) mass is 1210 g/mol. The van der Waals surface area contributed by atoms with Crippen LogP contribution in [0.4, 0.5) is 0 Å². The molecule has 1 heterocycles. The van der Waals surface area contributed by atoms with Crippen molar-refractivity contribution in [1.82, 2.24) is 57.3 Å². The molecule has 16 N–H and O–H groups in total. The van der Waals surface area contributed by atoms with E-state index in [1.165, 1.54) is 48.5 Å². The Kier molecular flexibility index (Phi) is 95.8. The van der Waals surface area contributed by atoms with Gasteiger partial charge in [-0.05, 0) is 70.2 Å². The fourth-order valence-corrected chi connectivity index (χ4v) is 3.53. The molecule has 0 aliphatic rings. The predicted molar refractivity (Wildman–Crippen MR) is 347 cm³/mol. The second-order valence-corrected chi connectivity index (χ2v) is 17.0. The number of aliphatic hydroxyl groups is 2. The molecule has 2 rings (SSSR count). The summed E-state index contributed by atoms with van der Waals surface area (Å²) in [5.41, 5.74) is 19.2. The molecule has 0 spiro atoms. The van der Waals surface area contributed by atoms with Gasteiger partial charge in [-0.25, -0.2) is 0 Å². The molecule has 9 amide bonds. The number of rotatable bonds is 20. The highest BCUT2D eigenvalue weighted by molar-refractivity contribution is 5.85. The summed E-state index contributed by atoms with van der Waals surface area (Å²) in [6, 6.07) is 14.5. The van der Waals surface area contributed by atoms with Crippen molar-refractivity contribution < 1.29 is 53.4 Å². The topological polar surface area (TPSA) is 412 Å². The van der Waals surface area contributed by atoms with Gasteiger partial charge in [-0.3, -0.25) is 48.1 Å². The highest BCUT2D eigenvalue weighted by atomic mass is 16.3. The zero-order valence-corrected chi connectivity index (χ0v) is 51.0. The summed E-state index contributed by atoms with van der Waals surface area (Å²) >= 11 is 0. The maximum Gasteiger partial charge on any atom is 0.242 e. The first-order chi connectivity index (χ1) is 37.6. The van der Waals surface area contributed by atoms with E-state index in [0.29, 0.717) is 31.9 Å². The predicted octanol–water partition coefficient (Wildman–Crippen LogP) is 3.08. The molecule has 0 aliphatic heterocycles. The lowest BCUT2D eigenvalue weighted by atomic mass is 10.2. The largest absolute Gasteiger partial charge is 0.403 e. The third-order valence-electron chi connectivity index (χ3n) is 7.65. The van der Waals surface area contributed by atoms with Crippen LogP contribution in [0, 0.1) is 11.3 Å². The molecule has 1 atom stereocenters. The van der Waals surface area contributed by atoms with E-state index >= 15 is 0 Å². The van der Waals surface area contributed by atoms with Gasteiger partial charge in [0, 0.05) is 126 Å². The Morgan fingerprint density at radius 2 is 0.965 bits per heavy atom. The molecule has 1 aromatic carbocycles. The summed E-state index contributed by atoms with van der Waals surface area (Å²) in [6.07, 6.45) is 5.63. The van der Waals surface area contributed by atoms with Crippen LogP contribution in [0.3, 0.4) is 0 Å². The molecule has 0 fully saturated rings. The van der Waals surface area contributed by atoms with E-state index in [0.717, 1.165) is 55.0 Å². The molecule has 0 radical (unpaired) electrons. The minimum atomic E-state index is -0.961. The van der Waals surface area contributed by atoms with E-state index in [1.54, 1.807) is 19.3 Å². The summed E-state index contributed by atoms with van der Waals surface area (Å²) in [5.74, 6) is -1.90. The van der Waals surface area contributed by atoms with Crippen LogP contribution < -0.4 is 59.7 Å². The first-order valence-electron chi connectivity index (χ1n) is 25.2. The number of unbranched alkanes of at least 4 members (excludes halogenated alkanes) is 1. The summed E-state index contributed by atoms with van der Waals surface area (Å²) in [7, 11) is 7.90. The fourth-order valence-electron chi connectivity index (χ4n) is 3.53. The number of benzene rings is 1. The number of carbonyl (C=O) groups excluding carboxylic acids is 9. The Hall–Kier alpha value is -8.41. The zero-order chi connectivity index (χ0) is 64.7. The minimum absolute atomic E-state index is 0. The smallest absolute Gasteiger partial charge is 0.242 e. The van der Waals surface area contributed by atoms with Gasteiger partial charge in [0.15, 0.2) is 0 Å². The third kappa shape index (κ3) is 132. The average molecular weight is 1210 g/mol. The molecule has 0 bridgehead atoms. The lowest BCUT2D eigenvalue weighted by Crippen LogP contribution is -2.45. The Morgan fingerprint density at radius 1 is 0.588 bits per heavy atom. The number of aromatic nitrogens is 1. The first kappa shape index (κ1) is 105. The number of allylic oxidation sites excluding steroid dienone is 3. The van der Waals surface area contributed by atoms with Gasteiger partial charge in [0.1, 0.15) is 12.6 Å². The van der Waals surface area contributed by atoms with Crippen molar-refractivity contribution in [2.75, 3.05) is 80.7 Å². The van der Waals surface area contributed by atoms with Crippen LogP contribution in [-0.4, -0.2) is 165 Å². The van der Waals surface area contributed by atoms with Crippen molar-refractivity contribution in [2.45, 2.75) is 138 Å². The van der Waals surface area contributed by atoms with E-state index in [-0.39, 0.29) is 78.3 Å². The average Bonchev–Trinajstić information content (AvgIpc) is 3.36. The molecule has 26 nitrogen and oxygen atoms in total. The second kappa shape index (κ2) is 77.7. The Labute approximate surface area is 512 Å². The van der Waals surface area contributed by atoms with Crippen molar-refractivity contribution in [3.8, 4) is 6.07 Å². The Bertz CT molecular complexity index is 1980. The second-order valence-electron chi connectivity index (χ2n) is 17.0. The van der Waals surface area contributed by atoms with Gasteiger partial charge in [-0.1, -0.05) is 93.1 Å². The van der Waals surface area contributed by atoms with Gasteiger partial charge in [0.25, 0.3) is 0 Å². The normalized spacial score (nSPS) is 8.53. The molecule has 0 aliphatic carbocycles. The molecule has 0 saturated carbocycles. The molecular formula is C59H117N15O11. The highest BCUT2D eigenvalue weighted by Crippen LogP contribution is 1.97. The van der Waals surface area contributed by atoms with Gasteiger partial charge < -0.3 is 79.7 Å². The van der Waals surface area contributed by atoms with Crippen molar-refractivity contribution in [2.24, 2.45) is 17.2 Å². The molecule has 1 aromatic heterocycles. The van der Waals surface area contributed by atoms with E-state index in [9.17, 15) is 43.2 Å². The summed E-state index contributed by atoms with van der Waals surface area (Å²) in [5, 5.41) is 44.9. The minimum Gasteiger partial charge on any atom is -0.403 e. The highest BCUT2D eigenvalue weighted by Gasteiger charge is 2.13. The number of nitrogens with zero attached hydrogens (tertiary/aromatic N) is 4. The van der Waals surface area contributed by atoms with Crippen LogP contribution in [0.15, 0.2) is 91.7 Å². The number of aliphatic hydroxyl groups excluding tert-OH is 2. The molecule has 0 saturated heterocycles. The van der Waals surface area contributed by atoms with Crippen molar-refractivity contribution in [1.29, 1.82) is 5.26 Å². The summed E-state index contributed by atoms with van der Waals surface area (Å²) in [4.78, 5) is 99.9. The van der Waals surface area contributed by atoms with E-state index in [2.05, 4.69) is 79.9 Å². The number of nitrogens with two attached hydrogens (primary N) is 3. The molecule has 1 unspecified atom stereocenters. The summed E-state index contributed by atoms with van der Waals surface area (Å²) < 4.78 is 0. The van der Waals surface area contributed by atoms with Crippen LogP contribution in [0.1, 0.15) is 130 Å². The van der Waals surface area contributed by atoms with Crippen molar-refractivity contribution >= 4 is 53.2 Å². The molecular weight excluding hydrogens is 1090 g/mol. The van der Waals surface area contributed by atoms with Gasteiger partial charge >= 0.3 is 0 Å². The zero-order valence-electron chi connectivity index (χ0n) is 51.0. The number of likely N-dealkylation sites (N-methyl/N-ethyl adjacent to an activating group) is 1. The number of hydrogen-bond donors (Lipinski definition) is 13. The van der Waals surface area contributed by atoms with Crippen LogP contribution in [0.25, 0.3) is 0 Å². The van der Waals surface area contributed by atoms with Crippen molar-refractivity contribution in [3.05, 3.63) is 103 Å². The van der Waals surface area contributed by atoms with Crippen molar-refractivity contribution in [3.63, 3.8) is 0 Å². The standard InChI is InChI=1S/C9H11NO.C8H10N2O.C6H14N2O.C6H13NO.C5H10N2O3.C5H8N2.C5H11N.C4H8N2O2.C4H9NO2.C3H7N.4CH4/c1-8(11)10-7-9-5-3-2-4-6-9;1-7(11)10-6-8-2-4-9-5-3-8;1-6(9)7-4-5-8(2)3;1-3-4-5-7-6(2)8;1-3(9)7-4(2-8)5(6)10;1-5(2)7-4-3-6;1-5(2)6(3)4;1-3(7)6-2-4(5)8;1-4(7)5-2-3-6;1-3(2)4;;;;/h2-6H,7H2,1H3,(H,10,11);2-5H,6H2,1H3,(H,10,11);4-5H2,1-3H3,(H,7,9);3-5H2,1-2H3,(H,7,8);4,8H,2H2,1H3,(H2,6,10)(H,7,9);7H,1,4H2,2H3;1H2,2-4H3;2H2,1H3,(H2,5,8)(H,6,7);6H,2-3H2,1H3,(H,5,7);1,4H2,2H3;4*1H4. The van der Waals surface area contributed by atoms with Crippen LogP contribution in [0.5, 0.6) is 0 Å². The molecule has 2 aromatic rings. The van der Waals surface area contributed by atoms with Crippen LogP contribution >= 0.6 is 0 Å². The number of nitrogens with one attached hydrogen (secondary N) is 8. The number of amides is 9. The Morgan fingerprint density at radius 3 is 1.20 bits per heavy atom. The number of primary amides is 2. The summed E-state index contributed by atoms with van der Waals surface area (Å²) in [6.45, 7) is 32.1. The molecule has 85 heavy (non-hydrogen) atoms. The number of hydrogen-bond acceptors (Lipinski definition) is 17. The maximum absolute atomic E-state index is 10.5. The van der Waals surface area contributed by atoms with Gasteiger partial charge in [0.05, 0.1) is 25.8 Å². The van der Waals surface area contributed by atoms with E-state index in [4.69, 9.17) is 26.9 Å². The van der Waals surface area contributed by atoms with Crippen LogP contribution in [0.2, 0.25) is 0 Å². The number of pyridine rings is 1. The maximum atomic E-state index is 10.5. The quantitative estimate of drug-likeness (QED) is 0.0669. The van der Waals surface area contributed by atoms with E-state index in [1.807, 2.05) is 100 Å². The van der Waals surface area contributed by atoms with Gasteiger partial charge in [-0.2, -0.15) is 5.26 Å².